The highest BCUT2D eigenvalue weighted by Gasteiger charge is 2.52. The van der Waals surface area contributed by atoms with E-state index in [4.69, 9.17) is 5.21 Å². The molecule has 0 aromatic rings. The number of amides is 3. The molecule has 7 nitrogen and oxygen atoms in total. The molecule has 1 aliphatic heterocycles. The number of nitrogens with one attached hydrogen (secondary N) is 2. The van der Waals surface area contributed by atoms with Gasteiger partial charge < -0.3 is 10.2 Å². The highest BCUT2D eigenvalue weighted by molar-refractivity contribution is 5.94. The Hall–Kier alpha value is -1.63. The van der Waals surface area contributed by atoms with Crippen LogP contribution < -0.4 is 10.8 Å². The SMILES string of the molecule is CCCCCCCC1(CC(=O)NO)CCN(C(C(=O)NC2CC2)C2CCCCC2)C1=O. The van der Waals surface area contributed by atoms with Crippen LogP contribution in [0.2, 0.25) is 0 Å². The zero-order chi connectivity index (χ0) is 22.3. The van der Waals surface area contributed by atoms with Gasteiger partial charge in [0.1, 0.15) is 6.04 Å². The Morgan fingerprint density at radius 2 is 1.81 bits per heavy atom. The van der Waals surface area contributed by atoms with E-state index < -0.39 is 17.4 Å². The lowest BCUT2D eigenvalue weighted by Gasteiger charge is -2.37. The van der Waals surface area contributed by atoms with Crippen LogP contribution in [0.15, 0.2) is 0 Å². The molecule has 1 heterocycles. The highest BCUT2D eigenvalue weighted by atomic mass is 16.5. The summed E-state index contributed by atoms with van der Waals surface area (Å²) in [7, 11) is 0. The lowest BCUT2D eigenvalue weighted by Crippen LogP contribution is -2.54. The van der Waals surface area contributed by atoms with Crippen molar-refractivity contribution in [3.63, 3.8) is 0 Å². The van der Waals surface area contributed by atoms with E-state index >= 15 is 0 Å². The number of hydroxylamine groups is 1. The normalized spacial score (nSPS) is 25.5. The van der Waals surface area contributed by atoms with Crippen molar-refractivity contribution in [1.82, 2.24) is 15.7 Å². The molecule has 0 aromatic heterocycles. The number of nitrogens with zero attached hydrogens (tertiary/aromatic N) is 1. The van der Waals surface area contributed by atoms with E-state index in [-0.39, 0.29) is 30.2 Å². The molecular formula is C24H41N3O4. The Morgan fingerprint density at radius 1 is 1.10 bits per heavy atom. The average molecular weight is 436 g/mol. The van der Waals surface area contributed by atoms with Crippen LogP contribution in [0.3, 0.4) is 0 Å². The maximum Gasteiger partial charge on any atom is 0.244 e. The smallest absolute Gasteiger partial charge is 0.244 e. The molecule has 31 heavy (non-hydrogen) atoms. The molecule has 3 fully saturated rings. The molecule has 176 valence electrons. The predicted molar refractivity (Wildman–Crippen MR) is 118 cm³/mol. The van der Waals surface area contributed by atoms with E-state index in [2.05, 4.69) is 12.2 Å². The molecule has 1 saturated heterocycles. The van der Waals surface area contributed by atoms with Crippen LogP contribution in [0.4, 0.5) is 0 Å². The molecule has 3 N–H and O–H groups in total. The molecule has 2 unspecified atom stereocenters. The summed E-state index contributed by atoms with van der Waals surface area (Å²) in [5, 5.41) is 12.3. The van der Waals surface area contributed by atoms with Gasteiger partial charge in [-0.1, -0.05) is 58.3 Å². The second-order valence-electron chi connectivity index (χ2n) is 10.0. The van der Waals surface area contributed by atoms with Gasteiger partial charge in [0, 0.05) is 19.0 Å². The Balaban J connectivity index is 1.75. The number of unbranched alkanes of at least 4 members (excludes halogenated alkanes) is 4. The van der Waals surface area contributed by atoms with Gasteiger partial charge in [0.25, 0.3) is 0 Å². The van der Waals surface area contributed by atoms with E-state index in [0.29, 0.717) is 19.4 Å². The van der Waals surface area contributed by atoms with Crippen LogP contribution >= 0.6 is 0 Å². The summed E-state index contributed by atoms with van der Waals surface area (Å²) < 4.78 is 0. The molecule has 2 atom stereocenters. The maximum atomic E-state index is 13.8. The Bertz CT molecular complexity index is 630. The van der Waals surface area contributed by atoms with E-state index in [1.165, 1.54) is 12.8 Å². The van der Waals surface area contributed by atoms with Crippen molar-refractivity contribution in [3.05, 3.63) is 0 Å². The molecule has 3 rings (SSSR count). The van der Waals surface area contributed by atoms with Crippen molar-refractivity contribution in [2.45, 2.75) is 115 Å². The van der Waals surface area contributed by atoms with Crippen LogP contribution in [0, 0.1) is 11.3 Å². The molecule has 3 aliphatic rings. The van der Waals surface area contributed by atoms with Crippen molar-refractivity contribution in [1.29, 1.82) is 0 Å². The van der Waals surface area contributed by atoms with Crippen LogP contribution in [0.25, 0.3) is 0 Å². The molecule has 7 heteroatoms. The van der Waals surface area contributed by atoms with Gasteiger partial charge in [0.05, 0.1) is 5.41 Å². The first kappa shape index (κ1) is 24.0. The van der Waals surface area contributed by atoms with Gasteiger partial charge in [-0.25, -0.2) is 5.48 Å². The van der Waals surface area contributed by atoms with Gasteiger partial charge in [0.2, 0.25) is 17.7 Å². The monoisotopic (exact) mass is 435 g/mol. The van der Waals surface area contributed by atoms with Gasteiger partial charge in [-0.2, -0.15) is 0 Å². The fraction of sp³-hybridized carbons (Fsp3) is 0.875. The average Bonchev–Trinajstić information content (AvgIpc) is 3.54. The minimum absolute atomic E-state index is 0.00571. The van der Waals surface area contributed by atoms with Crippen molar-refractivity contribution in [2.75, 3.05) is 6.54 Å². The van der Waals surface area contributed by atoms with Crippen molar-refractivity contribution < 1.29 is 19.6 Å². The van der Waals surface area contributed by atoms with Gasteiger partial charge in [-0.3, -0.25) is 19.6 Å². The third kappa shape index (κ3) is 6.21. The number of rotatable bonds is 12. The lowest BCUT2D eigenvalue weighted by molar-refractivity contribution is -0.148. The third-order valence-electron chi connectivity index (χ3n) is 7.55. The summed E-state index contributed by atoms with van der Waals surface area (Å²) in [5.74, 6) is -0.384. The highest BCUT2D eigenvalue weighted by Crippen LogP contribution is 2.43. The fourth-order valence-electron chi connectivity index (χ4n) is 5.59. The second-order valence-corrected chi connectivity index (χ2v) is 10.0. The number of likely N-dealkylation sites (tertiary alicyclic amines) is 1. The summed E-state index contributed by atoms with van der Waals surface area (Å²) >= 11 is 0. The van der Waals surface area contributed by atoms with Gasteiger partial charge in [0.15, 0.2) is 0 Å². The van der Waals surface area contributed by atoms with Crippen molar-refractivity contribution in [3.8, 4) is 0 Å². The van der Waals surface area contributed by atoms with Gasteiger partial charge in [-0.15, -0.1) is 0 Å². The molecular weight excluding hydrogens is 394 g/mol. The van der Waals surface area contributed by atoms with E-state index in [1.54, 1.807) is 10.4 Å². The molecule has 2 saturated carbocycles. The van der Waals surface area contributed by atoms with E-state index in [0.717, 1.165) is 64.2 Å². The lowest BCUT2D eigenvalue weighted by atomic mass is 9.77. The largest absolute Gasteiger partial charge is 0.352 e. The number of hydrogen-bond donors (Lipinski definition) is 3. The molecule has 0 bridgehead atoms. The van der Waals surface area contributed by atoms with Gasteiger partial charge >= 0.3 is 0 Å². The van der Waals surface area contributed by atoms with Crippen LogP contribution in [0.1, 0.15) is 103 Å². The van der Waals surface area contributed by atoms with E-state index in [1.807, 2.05) is 0 Å². The summed E-state index contributed by atoms with van der Waals surface area (Å²) in [6.45, 7) is 2.69. The minimum atomic E-state index is -0.800. The molecule has 0 spiro atoms. The van der Waals surface area contributed by atoms with Crippen LogP contribution in [-0.4, -0.2) is 46.5 Å². The number of carbonyl (C=O) groups is 3. The summed E-state index contributed by atoms with van der Waals surface area (Å²) in [6.07, 6.45) is 14.0. The fourth-order valence-corrected chi connectivity index (χ4v) is 5.59. The first-order valence-corrected chi connectivity index (χ1v) is 12.5. The Morgan fingerprint density at radius 3 is 2.45 bits per heavy atom. The minimum Gasteiger partial charge on any atom is -0.352 e. The Labute approximate surface area is 186 Å². The number of hydrogen-bond acceptors (Lipinski definition) is 4. The zero-order valence-corrected chi connectivity index (χ0v) is 19.2. The van der Waals surface area contributed by atoms with E-state index in [9.17, 15) is 14.4 Å². The second kappa shape index (κ2) is 11.3. The molecule has 0 aromatic carbocycles. The zero-order valence-electron chi connectivity index (χ0n) is 19.2. The summed E-state index contributed by atoms with van der Waals surface area (Å²) in [5.41, 5.74) is 0.924. The van der Waals surface area contributed by atoms with Crippen LogP contribution in [-0.2, 0) is 14.4 Å². The standard InChI is InChI=1S/C24H41N3O4/c1-2-3-4-5-9-14-24(17-20(28)26-31)15-16-27(23(24)30)21(18-10-7-6-8-11-18)22(29)25-19-12-13-19/h18-19,21,31H,2-17H2,1H3,(H,25,29)(H,26,28). The van der Waals surface area contributed by atoms with Crippen LogP contribution in [0.5, 0.6) is 0 Å². The molecule has 2 aliphatic carbocycles. The quantitative estimate of drug-likeness (QED) is 0.247. The maximum absolute atomic E-state index is 13.8. The topological polar surface area (TPSA) is 98.7 Å². The summed E-state index contributed by atoms with van der Waals surface area (Å²) in [6, 6.07) is -0.160. The molecule has 3 amide bonds. The molecule has 0 radical (unpaired) electrons. The first-order chi connectivity index (χ1) is 15.0. The van der Waals surface area contributed by atoms with Gasteiger partial charge in [-0.05, 0) is 44.4 Å². The third-order valence-corrected chi connectivity index (χ3v) is 7.55. The predicted octanol–water partition coefficient (Wildman–Crippen LogP) is 3.69. The van der Waals surface area contributed by atoms with Crippen molar-refractivity contribution >= 4 is 17.7 Å². The Kier molecular flexibility index (Phi) is 8.76. The summed E-state index contributed by atoms with van der Waals surface area (Å²) in [4.78, 5) is 40.9. The first-order valence-electron chi connectivity index (χ1n) is 12.5. The number of carbonyl (C=O) groups excluding carboxylic acids is 3. The van der Waals surface area contributed by atoms with Crippen molar-refractivity contribution in [2.24, 2.45) is 11.3 Å².